The first-order chi connectivity index (χ1) is 30.1. The van der Waals surface area contributed by atoms with Crippen LogP contribution in [-0.4, -0.2) is 71.5 Å². The molecule has 14 nitrogen and oxygen atoms in total. The molecule has 0 radical (unpaired) electrons. The van der Waals surface area contributed by atoms with E-state index < -0.39 is 18.6 Å². The standard InChI is InChI=1S/C24H26O5.C17H20O6.C9H12O3/c1-13-4-16(10-18-6-14(2)8-20(12-25)23(18)28)22(27)17(5-13)11-19-7-15(3)9-21(26)24(19)29;1-17(2,12-4-9(7-18)13(21)6-14(12)22)16-10(8-19)3-11(20)5-15(16)23;1-6-2-7(4-10)9(12)8(3-6)5-11/h4-9,25-29H,10-12H2,1-3H3;3-6,18-23H,7-8H2,1-2H3;2-3,10-12H,4-5H2,1H3. The highest BCUT2D eigenvalue weighted by Gasteiger charge is 2.32. The Morgan fingerprint density at radius 1 is 0.328 bits per heavy atom. The molecular formula is C50H58O14. The van der Waals surface area contributed by atoms with Gasteiger partial charge in [0.1, 0.15) is 40.2 Å². The van der Waals surface area contributed by atoms with E-state index in [1.165, 1.54) is 18.2 Å². The fourth-order valence-electron chi connectivity index (χ4n) is 7.85. The van der Waals surface area contributed by atoms with E-state index in [2.05, 4.69) is 0 Å². The summed E-state index contributed by atoms with van der Waals surface area (Å²) in [6.45, 7) is 9.39. The van der Waals surface area contributed by atoms with E-state index in [1.807, 2.05) is 45.9 Å². The number of aromatic hydroxyl groups is 9. The second-order valence-corrected chi connectivity index (χ2v) is 16.4. The minimum atomic E-state index is -0.961. The molecule has 14 heteroatoms. The number of aliphatic hydroxyl groups excluding tert-OH is 5. The Kier molecular flexibility index (Phi) is 16.5. The first kappa shape index (κ1) is 50.0. The van der Waals surface area contributed by atoms with Crippen molar-refractivity contribution in [3.05, 3.63) is 156 Å². The van der Waals surface area contributed by atoms with Crippen LogP contribution in [0.15, 0.2) is 72.8 Å². The Balaban J connectivity index is 0.000000228. The van der Waals surface area contributed by atoms with Crippen LogP contribution in [0, 0.1) is 27.7 Å². The number of phenolic OH excluding ortho intramolecular Hbond substituents is 6. The van der Waals surface area contributed by atoms with Crippen LogP contribution in [0.4, 0.5) is 0 Å². The molecule has 0 atom stereocenters. The number of aryl methyl sites for hydroxylation is 4. The Hall–Kier alpha value is -6.68. The first-order valence-electron chi connectivity index (χ1n) is 20.2. The number of phenols is 9. The van der Waals surface area contributed by atoms with Gasteiger partial charge in [-0.3, -0.25) is 0 Å². The summed E-state index contributed by atoms with van der Waals surface area (Å²) < 4.78 is 0. The summed E-state index contributed by atoms with van der Waals surface area (Å²) in [7, 11) is 0. The summed E-state index contributed by atoms with van der Waals surface area (Å²) in [6.07, 6.45) is 0.551. The third-order valence-corrected chi connectivity index (χ3v) is 10.8. The van der Waals surface area contributed by atoms with Gasteiger partial charge >= 0.3 is 0 Å². The van der Waals surface area contributed by atoms with Gasteiger partial charge in [-0.1, -0.05) is 73.0 Å². The molecule has 6 aromatic carbocycles. The molecule has 0 unspecified atom stereocenters. The van der Waals surface area contributed by atoms with Crippen LogP contribution in [0.25, 0.3) is 0 Å². The molecule has 14 N–H and O–H groups in total. The van der Waals surface area contributed by atoms with E-state index in [0.29, 0.717) is 62.1 Å². The molecule has 6 rings (SSSR count). The molecule has 6 aromatic rings. The maximum absolute atomic E-state index is 10.9. The van der Waals surface area contributed by atoms with E-state index in [9.17, 15) is 61.3 Å². The average Bonchev–Trinajstić information content (AvgIpc) is 3.23. The van der Waals surface area contributed by atoms with Gasteiger partial charge in [0.25, 0.3) is 0 Å². The third kappa shape index (κ3) is 11.5. The zero-order valence-electron chi connectivity index (χ0n) is 36.6. The van der Waals surface area contributed by atoms with Crippen molar-refractivity contribution in [1.29, 1.82) is 0 Å². The lowest BCUT2D eigenvalue weighted by molar-refractivity contribution is 0.263. The Bertz CT molecular complexity index is 2590. The van der Waals surface area contributed by atoms with Crippen molar-refractivity contribution in [3.63, 3.8) is 0 Å². The van der Waals surface area contributed by atoms with E-state index in [0.717, 1.165) is 34.4 Å². The third-order valence-electron chi connectivity index (χ3n) is 10.8. The number of aliphatic hydroxyl groups is 5. The average molecular weight is 883 g/mol. The van der Waals surface area contributed by atoms with Crippen LogP contribution in [0.2, 0.25) is 0 Å². The molecular weight excluding hydrogens is 825 g/mol. The van der Waals surface area contributed by atoms with Crippen molar-refractivity contribution in [2.75, 3.05) is 0 Å². The van der Waals surface area contributed by atoms with Gasteiger partial charge in [-0.15, -0.1) is 0 Å². The summed E-state index contributed by atoms with van der Waals surface area (Å²) in [4.78, 5) is 0. The molecule has 0 heterocycles. The highest BCUT2D eigenvalue weighted by atomic mass is 16.3. The number of benzene rings is 6. The van der Waals surface area contributed by atoms with Gasteiger partial charge in [-0.25, -0.2) is 0 Å². The lowest BCUT2D eigenvalue weighted by atomic mass is 9.74. The molecule has 0 saturated carbocycles. The molecule has 342 valence electrons. The van der Waals surface area contributed by atoms with Crippen LogP contribution in [-0.2, 0) is 51.3 Å². The zero-order chi connectivity index (χ0) is 47.8. The van der Waals surface area contributed by atoms with Gasteiger partial charge in [-0.2, -0.15) is 0 Å². The van der Waals surface area contributed by atoms with Gasteiger partial charge in [-0.05, 0) is 73.7 Å². The Morgan fingerprint density at radius 3 is 1.11 bits per heavy atom. The SMILES string of the molecule is CC(C)(c1cc(CO)c(O)cc1O)c1c(O)cc(O)cc1CO.Cc1cc(CO)c(O)c(CO)c1.Cc1cc(O)c(O)c(Cc2cc(C)cc(Cc3cc(C)cc(CO)c3O)c2O)c1. The minimum Gasteiger partial charge on any atom is -0.508 e. The number of hydrogen-bond donors (Lipinski definition) is 14. The molecule has 0 bridgehead atoms. The van der Waals surface area contributed by atoms with Crippen LogP contribution < -0.4 is 0 Å². The van der Waals surface area contributed by atoms with Crippen molar-refractivity contribution < 1.29 is 71.5 Å². The van der Waals surface area contributed by atoms with Crippen molar-refractivity contribution in [2.24, 2.45) is 0 Å². The second kappa shape index (κ2) is 21.1. The first-order valence-corrected chi connectivity index (χ1v) is 20.2. The monoisotopic (exact) mass is 882 g/mol. The number of hydrogen-bond acceptors (Lipinski definition) is 14. The maximum Gasteiger partial charge on any atom is 0.161 e. The predicted octanol–water partition coefficient (Wildman–Crippen LogP) is 6.61. The Morgan fingerprint density at radius 2 is 0.688 bits per heavy atom. The summed E-state index contributed by atoms with van der Waals surface area (Å²) in [5.74, 6) is -1.12. The molecule has 0 saturated heterocycles. The topological polar surface area (TPSA) is 283 Å². The van der Waals surface area contributed by atoms with Crippen molar-refractivity contribution in [3.8, 4) is 51.7 Å². The highest BCUT2D eigenvalue weighted by Crippen LogP contribution is 2.45. The largest absolute Gasteiger partial charge is 0.508 e. The van der Waals surface area contributed by atoms with Gasteiger partial charge in [0, 0.05) is 69.3 Å². The smallest absolute Gasteiger partial charge is 0.161 e. The highest BCUT2D eigenvalue weighted by molar-refractivity contribution is 5.58. The molecule has 0 aliphatic heterocycles. The molecule has 0 aliphatic carbocycles. The van der Waals surface area contributed by atoms with Crippen molar-refractivity contribution >= 4 is 0 Å². The summed E-state index contributed by atoms with van der Waals surface area (Å²) in [5, 5.41) is 136. The summed E-state index contributed by atoms with van der Waals surface area (Å²) in [6, 6.07) is 18.9. The Labute approximate surface area is 371 Å². The number of rotatable bonds is 11. The van der Waals surface area contributed by atoms with Gasteiger partial charge in [0.15, 0.2) is 11.5 Å². The molecule has 64 heavy (non-hydrogen) atoms. The van der Waals surface area contributed by atoms with E-state index >= 15 is 0 Å². The van der Waals surface area contributed by atoms with E-state index in [-0.39, 0.29) is 83.6 Å². The molecule has 0 aliphatic rings. The van der Waals surface area contributed by atoms with Crippen LogP contribution in [0.3, 0.4) is 0 Å². The van der Waals surface area contributed by atoms with E-state index in [1.54, 1.807) is 38.1 Å². The van der Waals surface area contributed by atoms with Crippen LogP contribution in [0.5, 0.6) is 51.7 Å². The molecule has 0 amide bonds. The molecule has 0 fully saturated rings. The van der Waals surface area contributed by atoms with Gasteiger partial charge in [0.2, 0.25) is 0 Å². The lowest BCUT2D eigenvalue weighted by Gasteiger charge is -2.30. The quantitative estimate of drug-likeness (QED) is 0.0610. The molecule has 0 spiro atoms. The summed E-state index contributed by atoms with van der Waals surface area (Å²) in [5.41, 5.74) is 7.61. The van der Waals surface area contributed by atoms with Gasteiger partial charge < -0.3 is 71.5 Å². The minimum absolute atomic E-state index is 0.00870. The fraction of sp³-hybridized carbons (Fsp3) is 0.280. The predicted molar refractivity (Wildman–Crippen MR) is 240 cm³/mol. The van der Waals surface area contributed by atoms with Gasteiger partial charge in [0.05, 0.1) is 33.0 Å². The van der Waals surface area contributed by atoms with Crippen LogP contribution in [0.1, 0.15) is 97.3 Å². The zero-order valence-corrected chi connectivity index (χ0v) is 36.6. The van der Waals surface area contributed by atoms with Crippen molar-refractivity contribution in [1.82, 2.24) is 0 Å². The summed E-state index contributed by atoms with van der Waals surface area (Å²) >= 11 is 0. The fourth-order valence-corrected chi connectivity index (χ4v) is 7.85. The maximum atomic E-state index is 10.9. The van der Waals surface area contributed by atoms with Crippen LogP contribution >= 0.6 is 0 Å². The molecule has 0 aromatic heterocycles. The van der Waals surface area contributed by atoms with E-state index in [4.69, 9.17) is 10.2 Å². The van der Waals surface area contributed by atoms with Crippen molar-refractivity contribution in [2.45, 2.75) is 92.8 Å². The second-order valence-electron chi connectivity index (χ2n) is 16.4. The normalized spacial score (nSPS) is 11.1. The lowest BCUT2D eigenvalue weighted by Crippen LogP contribution is -2.22.